The summed E-state index contributed by atoms with van der Waals surface area (Å²) in [6.45, 7) is 0. The lowest BCUT2D eigenvalue weighted by Gasteiger charge is -2.13. The van der Waals surface area contributed by atoms with E-state index in [1.165, 1.54) is 12.3 Å². The Balaban J connectivity index is 1.95. The normalized spacial score (nSPS) is 11.9. The summed E-state index contributed by atoms with van der Waals surface area (Å²) >= 11 is 0. The molecule has 0 aromatic heterocycles. The molecule has 5 nitrogen and oxygen atoms in total. The Morgan fingerprint density at radius 3 is 1.89 bits per heavy atom. The Hall–Kier alpha value is -3.30. The number of rotatable bonds is 6. The fraction of sp³-hybridized carbons (Fsp3) is 0. The van der Waals surface area contributed by atoms with E-state index in [4.69, 9.17) is 0 Å². The highest BCUT2D eigenvalue weighted by molar-refractivity contribution is 7.77. The van der Waals surface area contributed by atoms with E-state index in [1.807, 2.05) is 36.4 Å². The molecule has 0 atom stereocenters. The third-order valence-electron chi connectivity index (χ3n) is 3.94. The average Bonchev–Trinajstić information content (AvgIpc) is 2.72. The summed E-state index contributed by atoms with van der Waals surface area (Å²) in [6, 6.07) is 24.6. The van der Waals surface area contributed by atoms with E-state index >= 15 is 0 Å². The molecule has 0 unspecified atom stereocenters. The standard InChI is InChI=1S/C21H17N2O3P/c24-23(25)21-16-8-7-10-18(21)11-9-17-22-27(26,19-12-3-1-4-13-19)20-14-5-2-6-15-20/h1-17H. The van der Waals surface area contributed by atoms with Crippen LogP contribution >= 0.6 is 7.29 Å². The van der Waals surface area contributed by atoms with Gasteiger partial charge in [-0.15, -0.1) is 0 Å². The van der Waals surface area contributed by atoms with E-state index in [1.54, 1.807) is 54.6 Å². The summed E-state index contributed by atoms with van der Waals surface area (Å²) in [5.41, 5.74) is 0.472. The molecule has 6 heteroatoms. The molecule has 3 aromatic carbocycles. The lowest BCUT2D eigenvalue weighted by atomic mass is 10.2. The van der Waals surface area contributed by atoms with Gasteiger partial charge in [-0.2, -0.15) is 0 Å². The van der Waals surface area contributed by atoms with Crippen molar-refractivity contribution < 1.29 is 9.49 Å². The monoisotopic (exact) mass is 376 g/mol. The summed E-state index contributed by atoms with van der Waals surface area (Å²) in [6.07, 6.45) is 4.60. The van der Waals surface area contributed by atoms with Crippen LogP contribution in [0.4, 0.5) is 5.69 Å². The highest BCUT2D eigenvalue weighted by atomic mass is 31.2. The minimum Gasteiger partial charge on any atom is -0.288 e. The molecule has 27 heavy (non-hydrogen) atoms. The van der Waals surface area contributed by atoms with Gasteiger partial charge >= 0.3 is 0 Å². The van der Waals surface area contributed by atoms with E-state index in [0.717, 1.165) is 0 Å². The van der Waals surface area contributed by atoms with Gasteiger partial charge in [0.25, 0.3) is 5.69 Å². The first-order valence-corrected chi connectivity index (χ1v) is 9.94. The minimum absolute atomic E-state index is 0.0106. The van der Waals surface area contributed by atoms with Crippen molar-refractivity contribution in [1.29, 1.82) is 0 Å². The van der Waals surface area contributed by atoms with Crippen LogP contribution in [0.2, 0.25) is 0 Å². The fourth-order valence-electron chi connectivity index (χ4n) is 2.62. The van der Waals surface area contributed by atoms with Crippen LogP contribution < -0.4 is 10.6 Å². The van der Waals surface area contributed by atoms with Crippen LogP contribution in [0.1, 0.15) is 5.56 Å². The molecule has 0 bridgehead atoms. The largest absolute Gasteiger partial charge is 0.288 e. The Morgan fingerprint density at radius 1 is 0.815 bits per heavy atom. The maximum Gasteiger partial charge on any atom is 0.276 e. The second-order valence-electron chi connectivity index (χ2n) is 5.69. The quantitative estimate of drug-likeness (QED) is 0.273. The van der Waals surface area contributed by atoms with Crippen molar-refractivity contribution in [3.63, 3.8) is 0 Å². The molecule has 0 aliphatic rings. The zero-order valence-electron chi connectivity index (χ0n) is 14.4. The van der Waals surface area contributed by atoms with Gasteiger partial charge in [-0.25, -0.2) is 4.76 Å². The van der Waals surface area contributed by atoms with Gasteiger partial charge in [0.1, 0.15) is 0 Å². The molecule has 0 fully saturated rings. The van der Waals surface area contributed by atoms with Gasteiger partial charge in [0, 0.05) is 22.9 Å². The van der Waals surface area contributed by atoms with Gasteiger partial charge in [-0.05, 0) is 42.5 Å². The topological polar surface area (TPSA) is 72.6 Å². The zero-order chi connectivity index (χ0) is 19.1. The van der Waals surface area contributed by atoms with Crippen molar-refractivity contribution in [3.05, 3.63) is 107 Å². The maximum atomic E-state index is 13.7. The molecule has 134 valence electrons. The second-order valence-corrected chi connectivity index (χ2v) is 8.10. The smallest absolute Gasteiger partial charge is 0.276 e. The minimum atomic E-state index is -3.19. The van der Waals surface area contributed by atoms with Crippen molar-refractivity contribution in [1.82, 2.24) is 0 Å². The van der Waals surface area contributed by atoms with Crippen molar-refractivity contribution >= 4 is 35.9 Å². The highest BCUT2D eigenvalue weighted by Crippen LogP contribution is 2.44. The SMILES string of the molecule is O=[N+]([O-])c1ccccc1C=CC=NP(=O)(c1ccccc1)c1ccccc1. The number of nitro benzene ring substituents is 1. The molecule has 0 aliphatic heterocycles. The van der Waals surface area contributed by atoms with Gasteiger partial charge in [0.2, 0.25) is 7.29 Å². The van der Waals surface area contributed by atoms with Crippen molar-refractivity contribution in [2.75, 3.05) is 0 Å². The van der Waals surface area contributed by atoms with E-state index < -0.39 is 12.2 Å². The van der Waals surface area contributed by atoms with Crippen LogP contribution in [0.3, 0.4) is 0 Å². The van der Waals surface area contributed by atoms with Crippen LogP contribution in [-0.4, -0.2) is 11.1 Å². The summed E-state index contributed by atoms with van der Waals surface area (Å²) in [7, 11) is -3.19. The second kappa shape index (κ2) is 8.39. The lowest BCUT2D eigenvalue weighted by Crippen LogP contribution is -2.14. The molecule has 0 spiro atoms. The molecule has 0 saturated heterocycles. The Morgan fingerprint density at radius 2 is 1.33 bits per heavy atom. The first-order valence-electron chi connectivity index (χ1n) is 8.28. The Bertz CT molecular complexity index is 988. The van der Waals surface area contributed by atoms with E-state index in [9.17, 15) is 14.7 Å². The van der Waals surface area contributed by atoms with Crippen LogP contribution in [0.15, 0.2) is 95.8 Å². The van der Waals surface area contributed by atoms with E-state index in [2.05, 4.69) is 4.76 Å². The van der Waals surface area contributed by atoms with Crippen LogP contribution in [-0.2, 0) is 4.57 Å². The molecule has 3 aromatic rings. The first-order chi connectivity index (χ1) is 13.1. The van der Waals surface area contributed by atoms with Gasteiger partial charge in [-0.1, -0.05) is 48.5 Å². The lowest BCUT2D eigenvalue weighted by molar-refractivity contribution is -0.385. The summed E-state index contributed by atoms with van der Waals surface area (Å²) in [5.74, 6) is 0. The molecule has 0 saturated carbocycles. The maximum absolute atomic E-state index is 13.7. The molecular weight excluding hydrogens is 359 g/mol. The van der Waals surface area contributed by atoms with Crippen molar-refractivity contribution in [2.45, 2.75) is 0 Å². The number of allylic oxidation sites excluding steroid dienone is 1. The number of hydrogen-bond donors (Lipinski definition) is 0. The Kier molecular flexibility index (Phi) is 5.74. The molecular formula is C21H17N2O3P. The molecule has 0 aliphatic carbocycles. The predicted octanol–water partition coefficient (Wildman–Crippen LogP) is 4.61. The molecule has 3 rings (SSSR count). The predicted molar refractivity (Wildman–Crippen MR) is 110 cm³/mol. The number of benzene rings is 3. The number of para-hydroxylation sites is 1. The molecule has 0 radical (unpaired) electrons. The fourth-order valence-corrected chi connectivity index (χ4v) is 4.60. The van der Waals surface area contributed by atoms with Gasteiger partial charge in [0.05, 0.1) is 10.5 Å². The van der Waals surface area contributed by atoms with Crippen LogP contribution in [0.25, 0.3) is 6.08 Å². The number of hydrogen-bond acceptors (Lipinski definition) is 3. The van der Waals surface area contributed by atoms with Crippen LogP contribution in [0, 0.1) is 10.1 Å². The van der Waals surface area contributed by atoms with Gasteiger partial charge in [-0.3, -0.25) is 14.7 Å². The first kappa shape index (κ1) is 18.5. The van der Waals surface area contributed by atoms with Crippen molar-refractivity contribution in [3.8, 4) is 0 Å². The third kappa shape index (κ3) is 4.27. The highest BCUT2D eigenvalue weighted by Gasteiger charge is 2.25. The molecule has 0 amide bonds. The number of nitrogens with zero attached hydrogens (tertiary/aromatic N) is 2. The zero-order valence-corrected chi connectivity index (χ0v) is 15.3. The van der Waals surface area contributed by atoms with E-state index in [-0.39, 0.29) is 5.69 Å². The molecule has 0 N–H and O–H groups in total. The molecule has 0 heterocycles. The Labute approximate surface area is 157 Å². The summed E-state index contributed by atoms with van der Waals surface area (Å²) < 4.78 is 18.0. The van der Waals surface area contributed by atoms with Gasteiger partial charge < -0.3 is 0 Å². The third-order valence-corrected chi connectivity index (χ3v) is 6.39. The number of nitro groups is 1. The summed E-state index contributed by atoms with van der Waals surface area (Å²) in [4.78, 5) is 10.6. The summed E-state index contributed by atoms with van der Waals surface area (Å²) in [5, 5.41) is 12.3. The van der Waals surface area contributed by atoms with Gasteiger partial charge in [0.15, 0.2) is 0 Å². The van der Waals surface area contributed by atoms with E-state index in [0.29, 0.717) is 16.2 Å². The van der Waals surface area contributed by atoms with Crippen molar-refractivity contribution in [2.24, 2.45) is 4.76 Å². The van der Waals surface area contributed by atoms with Crippen LogP contribution in [0.5, 0.6) is 0 Å². The average molecular weight is 376 g/mol.